The number of halogens is 1. The van der Waals surface area contributed by atoms with Crippen molar-refractivity contribution in [1.29, 1.82) is 0 Å². The molecule has 0 spiro atoms. The van der Waals surface area contributed by atoms with Crippen LogP contribution in [0.5, 0.6) is 0 Å². The largest absolute Gasteiger partial charge is 0.310 e. The Morgan fingerprint density at radius 3 is 2.08 bits per heavy atom. The fourth-order valence-electron chi connectivity index (χ4n) is 5.96. The molecule has 0 aliphatic heterocycles. The average Bonchev–Trinajstić information content (AvgIpc) is 3.37. The van der Waals surface area contributed by atoms with Crippen LogP contribution in [0.4, 0.5) is 17.1 Å². The summed E-state index contributed by atoms with van der Waals surface area (Å²) in [6.45, 7) is 0. The maximum Gasteiger partial charge on any atom is 0.0540 e. The summed E-state index contributed by atoms with van der Waals surface area (Å²) in [5.74, 6) is 0. The van der Waals surface area contributed by atoms with E-state index in [-0.39, 0.29) is 0 Å². The lowest BCUT2D eigenvalue weighted by molar-refractivity contribution is 1.30. The van der Waals surface area contributed by atoms with Gasteiger partial charge in [-0.15, -0.1) is 11.3 Å². The Labute approximate surface area is 235 Å². The van der Waals surface area contributed by atoms with Gasteiger partial charge in [-0.05, 0) is 64.0 Å². The Morgan fingerprint density at radius 1 is 0.487 bits per heavy atom. The van der Waals surface area contributed by atoms with Gasteiger partial charge in [-0.2, -0.15) is 0 Å². The number of hydrogen-bond donors (Lipinski definition) is 0. The lowest BCUT2D eigenvalue weighted by atomic mass is 9.97. The van der Waals surface area contributed by atoms with E-state index in [1.165, 1.54) is 58.2 Å². The van der Waals surface area contributed by atoms with Gasteiger partial charge in [0, 0.05) is 47.3 Å². The lowest BCUT2D eigenvalue weighted by Crippen LogP contribution is -2.10. The highest BCUT2D eigenvalue weighted by Crippen LogP contribution is 2.47. The van der Waals surface area contributed by atoms with Gasteiger partial charge in [0.25, 0.3) is 0 Å². The van der Waals surface area contributed by atoms with Gasteiger partial charge in [0.15, 0.2) is 0 Å². The Kier molecular flexibility index (Phi) is 5.12. The van der Waals surface area contributed by atoms with Crippen molar-refractivity contribution in [2.45, 2.75) is 0 Å². The molecule has 8 aromatic rings. The zero-order chi connectivity index (χ0) is 25.9. The Morgan fingerprint density at radius 2 is 1.21 bits per heavy atom. The standard InChI is InChI=1S/C36H22ClNS/c37-24-17-19-30-32(21-24)28-14-6-7-15-29(28)35-31-20-18-26(22-34(31)39-36(30)35)38(25-11-2-1-3-12-25)33-16-8-10-23-9-4-5-13-27(23)33/h1-22H. The Hall–Kier alpha value is -4.37. The summed E-state index contributed by atoms with van der Waals surface area (Å²) in [6.07, 6.45) is 0. The molecule has 1 heterocycles. The minimum absolute atomic E-state index is 0.768. The molecule has 0 atom stereocenters. The van der Waals surface area contributed by atoms with E-state index in [4.69, 9.17) is 11.6 Å². The molecule has 0 fully saturated rings. The molecule has 0 unspecified atom stereocenters. The molecule has 0 saturated heterocycles. The summed E-state index contributed by atoms with van der Waals surface area (Å²) in [5, 5.41) is 10.8. The highest BCUT2D eigenvalue weighted by Gasteiger charge is 2.18. The van der Waals surface area contributed by atoms with Crippen molar-refractivity contribution >= 4 is 92.5 Å². The van der Waals surface area contributed by atoms with E-state index in [1.54, 1.807) is 0 Å². The molecule has 0 radical (unpaired) electrons. The normalized spacial score (nSPS) is 11.7. The first-order chi connectivity index (χ1) is 19.3. The summed E-state index contributed by atoms with van der Waals surface area (Å²) < 4.78 is 2.58. The summed E-state index contributed by atoms with van der Waals surface area (Å²) in [4.78, 5) is 2.38. The van der Waals surface area contributed by atoms with E-state index in [1.807, 2.05) is 17.4 Å². The number of hydrogen-bond acceptors (Lipinski definition) is 2. The summed E-state index contributed by atoms with van der Waals surface area (Å²) in [6, 6.07) is 47.7. The van der Waals surface area contributed by atoms with E-state index in [2.05, 4.69) is 132 Å². The molecule has 1 nitrogen and oxygen atoms in total. The molecule has 3 heteroatoms. The number of nitrogens with zero attached hydrogens (tertiary/aromatic N) is 1. The van der Waals surface area contributed by atoms with Crippen molar-refractivity contribution in [2.75, 3.05) is 4.90 Å². The molecule has 0 aliphatic rings. The van der Waals surface area contributed by atoms with Crippen LogP contribution < -0.4 is 4.90 Å². The molecule has 0 N–H and O–H groups in total. The number of para-hydroxylation sites is 1. The van der Waals surface area contributed by atoms with E-state index in [9.17, 15) is 0 Å². The topological polar surface area (TPSA) is 3.24 Å². The molecule has 7 aromatic carbocycles. The monoisotopic (exact) mass is 535 g/mol. The van der Waals surface area contributed by atoms with Gasteiger partial charge in [-0.1, -0.05) is 103 Å². The predicted octanol–water partition coefficient (Wildman–Crippen LogP) is 11.6. The molecular formula is C36H22ClNS. The molecule has 1 aromatic heterocycles. The van der Waals surface area contributed by atoms with Crippen LogP contribution in [0.3, 0.4) is 0 Å². The van der Waals surface area contributed by atoms with Gasteiger partial charge in [0.05, 0.1) is 5.69 Å². The summed E-state index contributed by atoms with van der Waals surface area (Å²) in [5.41, 5.74) is 3.46. The van der Waals surface area contributed by atoms with E-state index in [0.29, 0.717) is 0 Å². The quantitative estimate of drug-likeness (QED) is 0.203. The molecule has 0 bridgehead atoms. The maximum atomic E-state index is 6.46. The number of thiophene rings is 1. The van der Waals surface area contributed by atoms with Crippen molar-refractivity contribution in [1.82, 2.24) is 0 Å². The first kappa shape index (κ1) is 22.6. The molecule has 0 aliphatic carbocycles. The van der Waals surface area contributed by atoms with Crippen LogP contribution in [-0.2, 0) is 0 Å². The average molecular weight is 536 g/mol. The molecule has 8 rings (SSSR count). The van der Waals surface area contributed by atoms with Crippen LogP contribution in [0, 0.1) is 0 Å². The fraction of sp³-hybridized carbons (Fsp3) is 0. The number of anilines is 3. The third-order valence-electron chi connectivity index (χ3n) is 7.67. The minimum atomic E-state index is 0.768. The summed E-state index contributed by atoms with van der Waals surface area (Å²) in [7, 11) is 0. The van der Waals surface area contributed by atoms with Crippen LogP contribution in [0.25, 0.3) is 52.5 Å². The van der Waals surface area contributed by atoms with Crippen molar-refractivity contribution < 1.29 is 0 Å². The number of rotatable bonds is 3. The third kappa shape index (κ3) is 3.53. The first-order valence-electron chi connectivity index (χ1n) is 13.1. The number of benzene rings is 7. The van der Waals surface area contributed by atoms with Gasteiger partial charge < -0.3 is 4.90 Å². The van der Waals surface area contributed by atoms with Gasteiger partial charge in [-0.3, -0.25) is 0 Å². The Bertz CT molecular complexity index is 2190. The zero-order valence-electron chi connectivity index (χ0n) is 20.9. The van der Waals surface area contributed by atoms with Crippen molar-refractivity contribution in [3.8, 4) is 0 Å². The molecular weight excluding hydrogens is 514 g/mol. The second kappa shape index (κ2) is 8.84. The predicted molar refractivity (Wildman–Crippen MR) is 172 cm³/mol. The smallest absolute Gasteiger partial charge is 0.0540 e. The van der Waals surface area contributed by atoms with Crippen molar-refractivity contribution in [3.63, 3.8) is 0 Å². The molecule has 0 amide bonds. The van der Waals surface area contributed by atoms with Gasteiger partial charge in [-0.25, -0.2) is 0 Å². The SMILES string of the molecule is Clc1ccc2c(c1)c1ccccc1c1c3ccc(N(c4ccccc4)c4cccc5ccccc45)cc3sc21. The first-order valence-corrected chi connectivity index (χ1v) is 14.2. The van der Waals surface area contributed by atoms with E-state index in [0.717, 1.165) is 16.4 Å². The second-order valence-electron chi connectivity index (χ2n) is 9.89. The molecule has 184 valence electrons. The molecule has 39 heavy (non-hydrogen) atoms. The third-order valence-corrected chi connectivity index (χ3v) is 9.09. The lowest BCUT2D eigenvalue weighted by Gasteiger charge is -2.27. The van der Waals surface area contributed by atoms with Crippen molar-refractivity contribution in [3.05, 3.63) is 138 Å². The van der Waals surface area contributed by atoms with E-state index < -0.39 is 0 Å². The van der Waals surface area contributed by atoms with E-state index >= 15 is 0 Å². The van der Waals surface area contributed by atoms with Crippen LogP contribution in [-0.4, -0.2) is 0 Å². The second-order valence-corrected chi connectivity index (χ2v) is 11.4. The zero-order valence-corrected chi connectivity index (χ0v) is 22.5. The fourth-order valence-corrected chi connectivity index (χ4v) is 7.42. The highest BCUT2D eigenvalue weighted by atomic mass is 35.5. The minimum Gasteiger partial charge on any atom is -0.310 e. The van der Waals surface area contributed by atoms with Gasteiger partial charge in [0.1, 0.15) is 0 Å². The Balaban J connectivity index is 1.44. The van der Waals surface area contributed by atoms with Gasteiger partial charge in [0.2, 0.25) is 0 Å². The highest BCUT2D eigenvalue weighted by molar-refractivity contribution is 7.27. The van der Waals surface area contributed by atoms with Crippen LogP contribution in [0.1, 0.15) is 0 Å². The maximum absolute atomic E-state index is 6.46. The van der Waals surface area contributed by atoms with Gasteiger partial charge >= 0.3 is 0 Å². The van der Waals surface area contributed by atoms with Crippen LogP contribution in [0.15, 0.2) is 133 Å². The van der Waals surface area contributed by atoms with Crippen LogP contribution in [0.2, 0.25) is 5.02 Å². The van der Waals surface area contributed by atoms with Crippen molar-refractivity contribution in [2.24, 2.45) is 0 Å². The van der Waals surface area contributed by atoms with Crippen LogP contribution >= 0.6 is 22.9 Å². The molecule has 0 saturated carbocycles. The summed E-state index contributed by atoms with van der Waals surface area (Å²) >= 11 is 8.33. The number of fused-ring (bicyclic) bond motifs is 9.